The summed E-state index contributed by atoms with van der Waals surface area (Å²) in [5.41, 5.74) is 0.994. The Labute approximate surface area is 269 Å². The van der Waals surface area contributed by atoms with Crippen molar-refractivity contribution in [3.63, 3.8) is 0 Å². The summed E-state index contributed by atoms with van der Waals surface area (Å²) in [7, 11) is -4.27. The summed E-state index contributed by atoms with van der Waals surface area (Å²) in [6.07, 6.45) is 7.78. The van der Waals surface area contributed by atoms with Crippen LogP contribution in [0.5, 0.6) is 5.75 Å². The van der Waals surface area contributed by atoms with Crippen LogP contribution in [0.15, 0.2) is 46.0 Å². The largest absolute Gasteiger partial charge is 0.516 e. The molecular formula is C29H37F3N6O8S. The fourth-order valence-electron chi connectivity index (χ4n) is 4.69. The summed E-state index contributed by atoms with van der Waals surface area (Å²) >= 11 is 0. The molecule has 0 saturated carbocycles. The molecule has 1 saturated heterocycles. The minimum atomic E-state index is -5.76. The summed E-state index contributed by atoms with van der Waals surface area (Å²) in [4.78, 5) is 44.5. The Hall–Kier alpha value is -4.45. The van der Waals surface area contributed by atoms with Gasteiger partial charge in [-0.25, -0.2) is 14.7 Å². The van der Waals surface area contributed by atoms with Gasteiger partial charge in [0.05, 0.1) is 13.2 Å². The molecule has 18 heteroatoms. The Balaban J connectivity index is 0.000000653. The summed E-state index contributed by atoms with van der Waals surface area (Å²) in [6, 6.07) is 4.91. The molecule has 2 aromatic heterocycles. The number of hydrogen-bond acceptors (Lipinski definition) is 11. The summed E-state index contributed by atoms with van der Waals surface area (Å²) in [6.45, 7) is 3.73. The van der Waals surface area contributed by atoms with Gasteiger partial charge in [-0.2, -0.15) is 21.6 Å². The first-order valence-corrected chi connectivity index (χ1v) is 16.2. The van der Waals surface area contributed by atoms with E-state index < -0.39 is 33.8 Å². The van der Waals surface area contributed by atoms with Crippen molar-refractivity contribution in [2.75, 3.05) is 20.2 Å². The van der Waals surface area contributed by atoms with Gasteiger partial charge in [0.15, 0.2) is 17.8 Å². The van der Waals surface area contributed by atoms with Gasteiger partial charge in [0.25, 0.3) is 11.8 Å². The maximum atomic E-state index is 12.6. The van der Waals surface area contributed by atoms with Crippen molar-refractivity contribution in [2.45, 2.75) is 70.0 Å². The number of alkyl halides is 3. The van der Waals surface area contributed by atoms with Gasteiger partial charge < -0.3 is 24.6 Å². The van der Waals surface area contributed by atoms with E-state index in [9.17, 15) is 36.0 Å². The highest BCUT2D eigenvalue weighted by Crippen LogP contribution is 2.34. The molecule has 14 nitrogen and oxygen atoms in total. The number of hydrogen-bond donors (Lipinski definition) is 3. The Morgan fingerprint density at radius 2 is 1.91 bits per heavy atom. The van der Waals surface area contributed by atoms with Crippen LogP contribution in [0.4, 0.5) is 13.2 Å². The smallest absolute Gasteiger partial charge is 0.497 e. The number of oxazole rings is 2. The standard InChI is InChI=1S/C25H33F3N4O6S.C4H4N2O2/c1-3-4-5-12-29-23(34)20-16-38-24(30-20)21-7-6-13-32(21)15-18-14-19(37-2)10-8-17(18)9-11-22(33)31-39(35,36)25(26,27)28;5-4(7)3-1-8-2-6-3/h8,10,14,16,21H,3-7,9,11-13,15H2,1-2H3,(H,29,34)(H,31,33);1-2H,(H2,5,7). The summed E-state index contributed by atoms with van der Waals surface area (Å²) < 4.78 is 76.7. The van der Waals surface area contributed by atoms with Crippen molar-refractivity contribution in [3.05, 3.63) is 65.5 Å². The zero-order valence-electron chi connectivity index (χ0n) is 25.8. The number of aromatic nitrogens is 2. The lowest BCUT2D eigenvalue weighted by Crippen LogP contribution is -2.40. The number of benzene rings is 1. The quantitative estimate of drug-likeness (QED) is 0.209. The van der Waals surface area contributed by atoms with E-state index in [4.69, 9.17) is 14.9 Å². The molecule has 1 aliphatic rings. The number of nitrogens with two attached hydrogens (primary N) is 1. The van der Waals surface area contributed by atoms with Gasteiger partial charge in [0, 0.05) is 19.5 Å². The van der Waals surface area contributed by atoms with Gasteiger partial charge >= 0.3 is 15.5 Å². The number of aryl methyl sites for hydroxylation is 1. The predicted molar refractivity (Wildman–Crippen MR) is 160 cm³/mol. The average Bonchev–Trinajstić information content (AvgIpc) is 3.80. The van der Waals surface area contributed by atoms with E-state index in [0.717, 1.165) is 48.8 Å². The molecule has 1 aliphatic heterocycles. The normalized spacial score (nSPS) is 15.0. The van der Waals surface area contributed by atoms with Crippen LogP contribution < -0.4 is 20.5 Å². The molecule has 1 unspecified atom stereocenters. The van der Waals surface area contributed by atoms with E-state index in [2.05, 4.69) is 31.5 Å². The van der Waals surface area contributed by atoms with Crippen LogP contribution in [-0.4, -0.2) is 66.7 Å². The fourth-order valence-corrected chi connectivity index (χ4v) is 5.21. The third-order valence-corrected chi connectivity index (χ3v) is 8.22. The minimum absolute atomic E-state index is 0.0123. The molecule has 1 aromatic carbocycles. The second-order valence-corrected chi connectivity index (χ2v) is 12.2. The number of rotatable bonds is 14. The van der Waals surface area contributed by atoms with Crippen LogP contribution >= 0.6 is 0 Å². The maximum absolute atomic E-state index is 12.6. The SMILES string of the molecule is CCCCCNC(=O)c1coc(C2CCCN2Cc2cc(OC)ccc2CCC(=O)NS(=O)(=O)C(F)(F)F)n1.NC(=O)c1cocn1. The molecule has 4 rings (SSSR count). The molecule has 3 heterocycles. The van der Waals surface area contributed by atoms with Crippen molar-refractivity contribution in [3.8, 4) is 5.75 Å². The number of nitrogens with zero attached hydrogens (tertiary/aromatic N) is 3. The van der Waals surface area contributed by atoms with Crippen LogP contribution in [-0.2, 0) is 27.8 Å². The van der Waals surface area contributed by atoms with Crippen molar-refractivity contribution >= 4 is 27.7 Å². The van der Waals surface area contributed by atoms with Gasteiger partial charge in [-0.15, -0.1) is 0 Å². The second kappa shape index (κ2) is 16.9. The fraction of sp³-hybridized carbons (Fsp3) is 0.483. The summed E-state index contributed by atoms with van der Waals surface area (Å²) in [5, 5.41) is 2.83. The second-order valence-electron chi connectivity index (χ2n) is 10.5. The van der Waals surface area contributed by atoms with Crippen LogP contribution in [0.25, 0.3) is 0 Å². The topological polar surface area (TPSA) is 200 Å². The number of carbonyl (C=O) groups is 3. The lowest BCUT2D eigenvalue weighted by Gasteiger charge is -2.24. The van der Waals surface area contributed by atoms with E-state index in [1.165, 1.54) is 19.6 Å². The Morgan fingerprint density at radius 1 is 1.15 bits per heavy atom. The molecule has 47 heavy (non-hydrogen) atoms. The van der Waals surface area contributed by atoms with E-state index in [0.29, 0.717) is 36.8 Å². The van der Waals surface area contributed by atoms with Crippen LogP contribution in [0, 0.1) is 0 Å². The number of carbonyl (C=O) groups excluding carboxylic acids is 3. The van der Waals surface area contributed by atoms with Crippen molar-refractivity contribution in [1.82, 2.24) is 24.9 Å². The minimum Gasteiger partial charge on any atom is -0.497 e. The first-order chi connectivity index (χ1) is 22.3. The molecule has 0 aliphatic carbocycles. The average molecular weight is 687 g/mol. The lowest BCUT2D eigenvalue weighted by molar-refractivity contribution is -0.120. The van der Waals surface area contributed by atoms with Crippen LogP contribution in [0.3, 0.4) is 0 Å². The number of primary amides is 1. The molecule has 258 valence electrons. The van der Waals surface area contributed by atoms with Crippen molar-refractivity contribution in [2.24, 2.45) is 5.73 Å². The van der Waals surface area contributed by atoms with Crippen molar-refractivity contribution in [1.29, 1.82) is 0 Å². The number of nitrogens with one attached hydrogen (secondary N) is 2. The van der Waals surface area contributed by atoms with Crippen molar-refractivity contribution < 1.29 is 49.5 Å². The van der Waals surface area contributed by atoms with Gasteiger partial charge in [-0.3, -0.25) is 19.3 Å². The number of likely N-dealkylation sites (tertiary alicyclic amines) is 1. The lowest BCUT2D eigenvalue weighted by atomic mass is 10.0. The number of amides is 3. The number of unbranched alkanes of at least 4 members (excludes halogenated alkanes) is 2. The molecule has 0 bridgehead atoms. The Kier molecular flexibility index (Phi) is 13.3. The van der Waals surface area contributed by atoms with Crippen LogP contribution in [0.1, 0.15) is 89.5 Å². The Bertz CT molecular complexity index is 1600. The first-order valence-electron chi connectivity index (χ1n) is 14.7. The third-order valence-electron chi connectivity index (χ3n) is 7.12. The highest BCUT2D eigenvalue weighted by Gasteiger charge is 2.46. The van der Waals surface area contributed by atoms with Gasteiger partial charge in [-0.05, 0) is 55.5 Å². The number of ether oxygens (including phenoxy) is 1. The van der Waals surface area contributed by atoms with Gasteiger partial charge in [0.2, 0.25) is 11.8 Å². The van der Waals surface area contributed by atoms with Crippen LogP contribution in [0.2, 0.25) is 0 Å². The van der Waals surface area contributed by atoms with E-state index >= 15 is 0 Å². The zero-order chi connectivity index (χ0) is 34.6. The Morgan fingerprint density at radius 3 is 2.53 bits per heavy atom. The molecule has 1 atom stereocenters. The zero-order valence-corrected chi connectivity index (χ0v) is 26.7. The molecule has 3 aromatic rings. The summed E-state index contributed by atoms with van der Waals surface area (Å²) in [5.74, 6) is -1.17. The molecule has 0 spiro atoms. The molecule has 3 amide bonds. The predicted octanol–water partition coefficient (Wildman–Crippen LogP) is 3.61. The highest BCUT2D eigenvalue weighted by molar-refractivity contribution is 7.90. The van der Waals surface area contributed by atoms with E-state index in [1.807, 2.05) is 0 Å². The number of methoxy groups -OCH3 is 1. The first kappa shape index (κ1) is 37.0. The highest BCUT2D eigenvalue weighted by atomic mass is 32.2. The molecule has 0 radical (unpaired) electrons. The molecule has 1 fully saturated rings. The molecular weight excluding hydrogens is 649 g/mol. The maximum Gasteiger partial charge on any atom is 0.516 e. The monoisotopic (exact) mass is 686 g/mol. The van der Waals surface area contributed by atoms with E-state index in [-0.39, 0.29) is 29.8 Å². The molecule has 4 N–H and O–H groups in total. The van der Waals surface area contributed by atoms with E-state index in [1.54, 1.807) is 18.2 Å². The van der Waals surface area contributed by atoms with Gasteiger partial charge in [-0.1, -0.05) is 25.8 Å². The van der Waals surface area contributed by atoms with Gasteiger partial charge in [0.1, 0.15) is 18.3 Å². The number of sulfonamides is 1. The third kappa shape index (κ3) is 10.8. The number of halogens is 3.